The number of nitrogens with zero attached hydrogens (tertiary/aromatic N) is 6. The number of piperazine rings is 1. The molecule has 0 N–H and O–H groups in total. The minimum Gasteiger partial charge on any atom is -0.339 e. The molecule has 0 saturated carbocycles. The lowest BCUT2D eigenvalue weighted by Gasteiger charge is -2.39. The molecule has 2 heterocycles. The maximum absolute atomic E-state index is 13.0. The van der Waals surface area contributed by atoms with E-state index < -0.39 is 4.92 Å². The van der Waals surface area contributed by atoms with Gasteiger partial charge >= 0.3 is 0 Å². The van der Waals surface area contributed by atoms with Gasteiger partial charge in [-0.05, 0) is 23.3 Å². The summed E-state index contributed by atoms with van der Waals surface area (Å²) in [4.78, 5) is 27.9. The van der Waals surface area contributed by atoms with Crippen LogP contribution in [0.15, 0.2) is 90.1 Å². The van der Waals surface area contributed by atoms with Crippen molar-refractivity contribution in [3.63, 3.8) is 0 Å². The van der Waals surface area contributed by atoms with E-state index in [1.54, 1.807) is 16.7 Å². The van der Waals surface area contributed by atoms with Gasteiger partial charge in [-0.2, -0.15) is 0 Å². The molecule has 0 unspecified atom stereocenters. The first kappa shape index (κ1) is 25.6. The van der Waals surface area contributed by atoms with Crippen molar-refractivity contribution < 1.29 is 9.72 Å². The molecule has 10 heteroatoms. The van der Waals surface area contributed by atoms with E-state index in [0.717, 1.165) is 18.7 Å². The van der Waals surface area contributed by atoms with Crippen LogP contribution in [0.25, 0.3) is 11.4 Å². The van der Waals surface area contributed by atoms with Crippen LogP contribution in [0.4, 0.5) is 5.69 Å². The predicted octanol–water partition coefficient (Wildman–Crippen LogP) is 4.42. The summed E-state index contributed by atoms with van der Waals surface area (Å²) in [7, 11) is 1.83. The van der Waals surface area contributed by atoms with Crippen LogP contribution in [0.5, 0.6) is 0 Å². The summed E-state index contributed by atoms with van der Waals surface area (Å²) in [5.74, 6) is 0.939. The van der Waals surface area contributed by atoms with Gasteiger partial charge in [0.15, 0.2) is 11.0 Å². The van der Waals surface area contributed by atoms with E-state index in [9.17, 15) is 14.9 Å². The molecule has 1 aromatic heterocycles. The third kappa shape index (κ3) is 5.61. The van der Waals surface area contributed by atoms with Crippen LogP contribution in [0.1, 0.15) is 17.2 Å². The number of amides is 1. The van der Waals surface area contributed by atoms with Crippen LogP contribution in [-0.2, 0) is 11.8 Å². The zero-order valence-corrected chi connectivity index (χ0v) is 21.8. The van der Waals surface area contributed by atoms with E-state index in [-0.39, 0.29) is 23.4 Å². The second kappa shape index (κ2) is 11.6. The Kier molecular flexibility index (Phi) is 7.81. The van der Waals surface area contributed by atoms with Crippen LogP contribution in [0.2, 0.25) is 0 Å². The molecule has 0 bridgehead atoms. The summed E-state index contributed by atoms with van der Waals surface area (Å²) in [6, 6.07) is 27.4. The van der Waals surface area contributed by atoms with E-state index in [1.807, 2.05) is 24.1 Å². The number of nitro benzene ring substituents is 1. The summed E-state index contributed by atoms with van der Waals surface area (Å²) < 4.78 is 1.81. The maximum Gasteiger partial charge on any atom is 0.269 e. The number of carbonyl (C=O) groups is 1. The van der Waals surface area contributed by atoms with Crippen molar-refractivity contribution in [2.75, 3.05) is 31.9 Å². The Labute approximate surface area is 225 Å². The molecule has 0 aliphatic carbocycles. The topological polar surface area (TPSA) is 97.4 Å². The summed E-state index contributed by atoms with van der Waals surface area (Å²) in [6.45, 7) is 2.92. The van der Waals surface area contributed by atoms with Crippen LogP contribution < -0.4 is 0 Å². The second-order valence-electron chi connectivity index (χ2n) is 9.10. The van der Waals surface area contributed by atoms with Gasteiger partial charge in [0.2, 0.25) is 5.91 Å². The van der Waals surface area contributed by atoms with E-state index >= 15 is 0 Å². The molecule has 1 aliphatic rings. The molecule has 4 aromatic rings. The number of rotatable bonds is 8. The molecule has 0 radical (unpaired) electrons. The van der Waals surface area contributed by atoms with Crippen LogP contribution in [0.3, 0.4) is 0 Å². The molecule has 38 heavy (non-hydrogen) atoms. The molecule has 1 aliphatic heterocycles. The Bertz CT molecular complexity index is 1350. The molecule has 194 valence electrons. The highest BCUT2D eigenvalue weighted by Gasteiger charge is 2.28. The standard InChI is InChI=1S/C28H28N6O3S/c1-31-27(23-12-14-24(15-13-23)34(36)37)29-30-28(31)38-20-25(35)32-16-18-33(19-17-32)26(21-8-4-2-5-9-21)22-10-6-3-7-11-22/h2-15,26H,16-20H2,1H3. The summed E-state index contributed by atoms with van der Waals surface area (Å²) in [5.41, 5.74) is 3.25. The SMILES string of the molecule is Cn1c(SCC(=O)N2CCN(C(c3ccccc3)c3ccccc3)CC2)nnc1-c1ccc([N+](=O)[O-])cc1. The van der Waals surface area contributed by atoms with Gasteiger partial charge < -0.3 is 9.47 Å². The molecular formula is C28H28N6O3S. The first-order valence-electron chi connectivity index (χ1n) is 12.4. The Morgan fingerprint density at radius 2 is 1.47 bits per heavy atom. The third-order valence-corrected chi connectivity index (χ3v) is 7.76. The number of benzene rings is 3. The molecule has 1 amide bonds. The lowest BCUT2D eigenvalue weighted by molar-refractivity contribution is -0.384. The van der Waals surface area contributed by atoms with Gasteiger partial charge in [0.05, 0.1) is 16.7 Å². The van der Waals surface area contributed by atoms with Crippen LogP contribution in [0, 0.1) is 10.1 Å². The fraction of sp³-hybridized carbons (Fsp3) is 0.250. The number of nitro groups is 1. The minimum atomic E-state index is -0.434. The normalized spacial score (nSPS) is 14.1. The van der Waals surface area contributed by atoms with E-state index in [1.165, 1.54) is 35.0 Å². The first-order valence-corrected chi connectivity index (χ1v) is 13.4. The largest absolute Gasteiger partial charge is 0.339 e. The van der Waals surface area contributed by atoms with E-state index in [0.29, 0.717) is 24.1 Å². The Balaban J connectivity index is 1.19. The number of hydrogen-bond acceptors (Lipinski definition) is 7. The second-order valence-corrected chi connectivity index (χ2v) is 10.0. The number of carbonyl (C=O) groups excluding carboxylic acids is 1. The smallest absolute Gasteiger partial charge is 0.269 e. The van der Waals surface area contributed by atoms with Gasteiger partial charge in [-0.25, -0.2) is 0 Å². The van der Waals surface area contributed by atoms with Crippen molar-refractivity contribution in [1.82, 2.24) is 24.6 Å². The number of thioether (sulfide) groups is 1. The Morgan fingerprint density at radius 3 is 2.03 bits per heavy atom. The zero-order chi connectivity index (χ0) is 26.5. The van der Waals surface area contributed by atoms with Crippen molar-refractivity contribution in [3.05, 3.63) is 106 Å². The third-order valence-electron chi connectivity index (χ3n) is 6.76. The molecule has 1 saturated heterocycles. The number of aromatic nitrogens is 3. The van der Waals surface area contributed by atoms with Gasteiger partial charge in [-0.3, -0.25) is 19.8 Å². The molecule has 9 nitrogen and oxygen atoms in total. The monoisotopic (exact) mass is 528 g/mol. The highest BCUT2D eigenvalue weighted by molar-refractivity contribution is 7.99. The molecule has 0 atom stereocenters. The van der Waals surface area contributed by atoms with Crippen molar-refractivity contribution in [2.45, 2.75) is 11.2 Å². The lowest BCUT2D eigenvalue weighted by Crippen LogP contribution is -2.50. The Hall–Kier alpha value is -4.02. The van der Waals surface area contributed by atoms with Gasteiger partial charge in [-0.1, -0.05) is 72.4 Å². The molecular weight excluding hydrogens is 500 g/mol. The fourth-order valence-electron chi connectivity index (χ4n) is 4.76. The van der Waals surface area contributed by atoms with Gasteiger partial charge in [0.25, 0.3) is 5.69 Å². The molecule has 3 aromatic carbocycles. The average molecular weight is 529 g/mol. The average Bonchev–Trinajstić information content (AvgIpc) is 3.33. The summed E-state index contributed by atoms with van der Waals surface area (Å²) in [5, 5.41) is 20.0. The van der Waals surface area contributed by atoms with Crippen molar-refractivity contribution in [3.8, 4) is 11.4 Å². The zero-order valence-electron chi connectivity index (χ0n) is 21.0. The number of non-ortho nitro benzene ring substituents is 1. The number of hydrogen-bond donors (Lipinski definition) is 0. The van der Waals surface area contributed by atoms with E-state index in [4.69, 9.17) is 0 Å². The van der Waals surface area contributed by atoms with Crippen LogP contribution >= 0.6 is 11.8 Å². The molecule has 5 rings (SSSR count). The fourth-order valence-corrected chi connectivity index (χ4v) is 5.57. The van der Waals surface area contributed by atoms with Crippen molar-refractivity contribution in [1.29, 1.82) is 0 Å². The van der Waals surface area contributed by atoms with Gasteiger partial charge in [-0.15, -0.1) is 10.2 Å². The summed E-state index contributed by atoms with van der Waals surface area (Å²) >= 11 is 1.35. The maximum atomic E-state index is 13.0. The van der Waals surface area contributed by atoms with Crippen molar-refractivity contribution >= 4 is 23.4 Å². The summed E-state index contributed by atoms with van der Waals surface area (Å²) in [6.07, 6.45) is 0. The van der Waals surface area contributed by atoms with Crippen LogP contribution in [-0.4, -0.2) is 67.3 Å². The van der Waals surface area contributed by atoms with E-state index in [2.05, 4.69) is 63.6 Å². The first-order chi connectivity index (χ1) is 18.5. The van der Waals surface area contributed by atoms with Crippen molar-refractivity contribution in [2.24, 2.45) is 7.05 Å². The molecule has 0 spiro atoms. The lowest BCUT2D eigenvalue weighted by atomic mass is 9.96. The van der Waals surface area contributed by atoms with Gasteiger partial charge in [0, 0.05) is 50.9 Å². The highest BCUT2D eigenvalue weighted by Crippen LogP contribution is 2.30. The predicted molar refractivity (Wildman–Crippen MR) is 147 cm³/mol. The minimum absolute atomic E-state index is 0.0232. The molecule has 1 fully saturated rings. The highest BCUT2D eigenvalue weighted by atomic mass is 32.2. The van der Waals surface area contributed by atoms with Gasteiger partial charge in [0.1, 0.15) is 0 Å². The Morgan fingerprint density at radius 1 is 0.895 bits per heavy atom. The quantitative estimate of drug-likeness (QED) is 0.190.